The van der Waals surface area contributed by atoms with Gasteiger partial charge in [-0.25, -0.2) is 33.7 Å². The normalized spacial score (nSPS) is 14.2. The number of halogens is 2. The molecule has 336 valence electrons. The number of nitriles is 2. The van der Waals surface area contributed by atoms with E-state index in [9.17, 15) is 10.5 Å². The molecule has 8 aromatic rings. The third kappa shape index (κ3) is 8.86. The van der Waals surface area contributed by atoms with E-state index in [1.54, 1.807) is 48.8 Å². The fraction of sp³-hybridized carbons (Fsp3) is 0.234. The van der Waals surface area contributed by atoms with Gasteiger partial charge < -0.3 is 50.1 Å². The molecule has 0 aliphatic carbocycles. The van der Waals surface area contributed by atoms with Crippen LogP contribution >= 0.6 is 0 Å². The average Bonchev–Trinajstić information content (AvgIpc) is 3.95. The molecular formula is C47H42F2N16O2. The fourth-order valence-corrected chi connectivity index (χ4v) is 8.12. The molecule has 2 saturated heterocycles. The van der Waals surface area contributed by atoms with Crippen LogP contribution in [0.15, 0.2) is 79.4 Å². The van der Waals surface area contributed by atoms with Gasteiger partial charge in [-0.2, -0.15) is 15.5 Å². The molecule has 5 N–H and O–H groups in total. The van der Waals surface area contributed by atoms with Crippen LogP contribution in [-0.2, 0) is 6.42 Å². The third-order valence-corrected chi connectivity index (χ3v) is 11.7. The maximum Gasteiger partial charge on any atom is 0.243 e. The van der Waals surface area contributed by atoms with E-state index in [0.29, 0.717) is 33.7 Å². The van der Waals surface area contributed by atoms with Gasteiger partial charge in [-0.1, -0.05) is 0 Å². The Labute approximate surface area is 382 Å². The molecule has 0 bridgehead atoms. The monoisotopic (exact) mass is 900 g/mol. The van der Waals surface area contributed by atoms with E-state index in [2.05, 4.69) is 84.7 Å². The van der Waals surface area contributed by atoms with Crippen molar-refractivity contribution in [3.8, 4) is 35.4 Å². The Morgan fingerprint density at radius 3 is 1.91 bits per heavy atom. The van der Waals surface area contributed by atoms with Crippen LogP contribution in [0.1, 0.15) is 28.3 Å². The largest absolute Gasteiger partial charge is 0.434 e. The summed E-state index contributed by atoms with van der Waals surface area (Å²) in [5.41, 5.74) is 4.10. The molecule has 2 fully saturated rings. The number of hydrogen-bond acceptors (Lipinski definition) is 16. The molecule has 8 heterocycles. The summed E-state index contributed by atoms with van der Waals surface area (Å²) in [6.07, 6.45) is 4.74. The number of H-pyrrole nitrogens is 2. The second kappa shape index (κ2) is 18.2. The summed E-state index contributed by atoms with van der Waals surface area (Å²) in [5.74, 6) is -0.777. The molecule has 18 nitrogen and oxygen atoms in total. The lowest BCUT2D eigenvalue weighted by molar-refractivity contribution is 0.313. The molecule has 2 aromatic carbocycles. The van der Waals surface area contributed by atoms with E-state index in [1.807, 2.05) is 19.1 Å². The van der Waals surface area contributed by atoms with Crippen LogP contribution in [0.2, 0.25) is 0 Å². The van der Waals surface area contributed by atoms with Crippen molar-refractivity contribution >= 4 is 56.5 Å². The maximum absolute atomic E-state index is 16.4. The van der Waals surface area contributed by atoms with Gasteiger partial charge in [0.15, 0.2) is 45.9 Å². The first-order valence-electron chi connectivity index (χ1n) is 21.5. The van der Waals surface area contributed by atoms with E-state index >= 15 is 8.78 Å². The van der Waals surface area contributed by atoms with Gasteiger partial charge in [0.05, 0.1) is 23.8 Å². The molecule has 2 aliphatic rings. The van der Waals surface area contributed by atoms with E-state index < -0.39 is 11.6 Å². The number of likely N-dealkylation sites (N-methyl/N-ethyl adjacent to an activating group) is 1. The Hall–Kier alpha value is -8.46. The number of pyridine rings is 2. The summed E-state index contributed by atoms with van der Waals surface area (Å²) in [4.78, 5) is 39.9. The lowest BCUT2D eigenvalue weighted by atomic mass is 10.2. The number of benzene rings is 2. The highest BCUT2D eigenvalue weighted by molar-refractivity contribution is 5.84. The number of rotatable bonds is 12. The van der Waals surface area contributed by atoms with Gasteiger partial charge in [0.25, 0.3) is 0 Å². The quantitative estimate of drug-likeness (QED) is 0.0820. The van der Waals surface area contributed by atoms with E-state index in [1.165, 1.54) is 18.5 Å². The maximum atomic E-state index is 16.4. The predicted octanol–water partition coefficient (Wildman–Crippen LogP) is 7.17. The van der Waals surface area contributed by atoms with Crippen molar-refractivity contribution in [2.75, 3.05) is 79.8 Å². The van der Waals surface area contributed by atoms with Gasteiger partial charge >= 0.3 is 0 Å². The summed E-state index contributed by atoms with van der Waals surface area (Å²) < 4.78 is 44.2. The van der Waals surface area contributed by atoms with Crippen molar-refractivity contribution in [1.29, 1.82) is 10.5 Å². The number of nitrogens with one attached hydrogen (secondary N) is 5. The number of aryl methyl sites for hydroxylation is 1. The molecule has 20 heteroatoms. The van der Waals surface area contributed by atoms with Crippen LogP contribution in [-0.4, -0.2) is 104 Å². The molecule has 6 aromatic heterocycles. The first-order chi connectivity index (χ1) is 32.7. The van der Waals surface area contributed by atoms with E-state index in [4.69, 9.17) is 14.5 Å². The lowest BCUT2D eigenvalue weighted by Gasteiger charge is -2.33. The SMILES string of the molecule is Cc1cc2c(F)c(Oc3nc(Cc4cc5c(F)c(Oc6ncnc(Nc7ccc(N8CCNCC8)cn7)c6C#N)ccc5[nH]4)nc(Nc4ccc(N5CCN(C)CC5)cn4)c3C#N)ccc2[nH]1. The Balaban J connectivity index is 0.923. The summed E-state index contributed by atoms with van der Waals surface area (Å²) in [7, 11) is 2.09. The van der Waals surface area contributed by atoms with Crippen LogP contribution in [0, 0.1) is 41.2 Å². The lowest BCUT2D eigenvalue weighted by Crippen LogP contribution is -2.44. The molecule has 0 radical (unpaired) electrons. The molecule has 0 spiro atoms. The van der Waals surface area contributed by atoms with E-state index in [-0.39, 0.29) is 63.7 Å². The number of hydrogen-bond donors (Lipinski definition) is 5. The van der Waals surface area contributed by atoms with Gasteiger partial charge in [-0.15, -0.1) is 0 Å². The standard InChI is InChI=1S/C47H42F2N16O2/c1-27-19-31-35(57-27)5-7-38(42(31)48)67-47-34(23-51)45(60-40-10-4-30(25-54-40)65-17-15-63(2)16-18-65)61-41(62-47)21-28-20-32-36(58-28)6-8-37(43(32)49)66-46-33(22-50)44(55-26-56-46)59-39-9-3-29(24-53-39)64-13-11-52-12-14-64/h3-10,19-20,24-26,52,57-58H,11-18,21H2,1-2H3,(H,53,55,56,59)(H,54,60,61,62). The zero-order valence-corrected chi connectivity index (χ0v) is 36.4. The summed E-state index contributed by atoms with van der Waals surface area (Å²) in [5, 5.41) is 30.7. The van der Waals surface area contributed by atoms with Gasteiger partial charge in [-0.3, -0.25) is 0 Å². The number of ether oxygens (including phenoxy) is 2. The highest BCUT2D eigenvalue weighted by atomic mass is 19.1. The first-order valence-corrected chi connectivity index (χ1v) is 21.5. The Morgan fingerprint density at radius 1 is 0.672 bits per heavy atom. The van der Waals surface area contributed by atoms with Crippen LogP contribution in [0.4, 0.5) is 43.4 Å². The second-order valence-electron chi connectivity index (χ2n) is 16.2. The topological polar surface area (TPSA) is 221 Å². The zero-order valence-electron chi connectivity index (χ0n) is 36.4. The highest BCUT2D eigenvalue weighted by Gasteiger charge is 2.23. The van der Waals surface area contributed by atoms with Crippen LogP contribution in [0.3, 0.4) is 0 Å². The molecule has 0 saturated carbocycles. The van der Waals surface area contributed by atoms with Gasteiger partial charge in [0, 0.05) is 92.0 Å². The van der Waals surface area contributed by atoms with Crippen molar-refractivity contribution in [2.24, 2.45) is 0 Å². The van der Waals surface area contributed by atoms with Crippen molar-refractivity contribution < 1.29 is 18.3 Å². The number of aromatic nitrogens is 8. The number of fused-ring (bicyclic) bond motifs is 2. The minimum absolute atomic E-state index is 0.0130. The molecular weight excluding hydrogens is 859 g/mol. The molecule has 0 unspecified atom stereocenters. The van der Waals surface area contributed by atoms with Gasteiger partial charge in [0.2, 0.25) is 11.8 Å². The molecule has 0 atom stereocenters. The van der Waals surface area contributed by atoms with Crippen LogP contribution in [0.5, 0.6) is 23.3 Å². The molecule has 2 aliphatic heterocycles. The second-order valence-corrected chi connectivity index (χ2v) is 16.2. The molecule has 0 amide bonds. The van der Waals surface area contributed by atoms with Crippen LogP contribution in [0.25, 0.3) is 21.8 Å². The summed E-state index contributed by atoms with van der Waals surface area (Å²) in [6, 6.07) is 21.1. The number of nitrogens with zero attached hydrogens (tertiary/aromatic N) is 11. The Bertz CT molecular complexity index is 3200. The average molecular weight is 901 g/mol. The minimum atomic E-state index is -0.716. The summed E-state index contributed by atoms with van der Waals surface area (Å²) in [6.45, 7) is 8.94. The third-order valence-electron chi connectivity index (χ3n) is 11.7. The number of aromatic amines is 2. The van der Waals surface area contributed by atoms with Crippen molar-refractivity contribution in [3.05, 3.63) is 119 Å². The van der Waals surface area contributed by atoms with Crippen molar-refractivity contribution in [2.45, 2.75) is 13.3 Å². The first kappa shape index (κ1) is 42.5. The molecule has 10 rings (SSSR count). The Morgan fingerprint density at radius 2 is 1.27 bits per heavy atom. The molecule has 67 heavy (non-hydrogen) atoms. The number of piperazine rings is 2. The van der Waals surface area contributed by atoms with Crippen LogP contribution < -0.4 is 35.2 Å². The Kier molecular flexibility index (Phi) is 11.5. The fourth-order valence-electron chi connectivity index (χ4n) is 8.12. The van der Waals surface area contributed by atoms with Gasteiger partial charge in [-0.05, 0) is 74.6 Å². The van der Waals surface area contributed by atoms with Gasteiger partial charge in [0.1, 0.15) is 35.9 Å². The highest BCUT2D eigenvalue weighted by Crippen LogP contribution is 2.36. The zero-order chi connectivity index (χ0) is 46.0. The van der Waals surface area contributed by atoms with E-state index in [0.717, 1.165) is 69.4 Å². The van der Waals surface area contributed by atoms with Crippen molar-refractivity contribution in [3.63, 3.8) is 0 Å². The summed E-state index contributed by atoms with van der Waals surface area (Å²) >= 11 is 0. The number of anilines is 6. The minimum Gasteiger partial charge on any atom is -0.434 e. The van der Waals surface area contributed by atoms with Crippen molar-refractivity contribution in [1.82, 2.24) is 50.1 Å². The predicted molar refractivity (Wildman–Crippen MR) is 248 cm³/mol. The smallest absolute Gasteiger partial charge is 0.243 e.